The fourth-order valence-electron chi connectivity index (χ4n) is 2.01. The van der Waals surface area contributed by atoms with E-state index in [4.69, 9.17) is 5.73 Å². The van der Waals surface area contributed by atoms with Crippen molar-refractivity contribution in [3.05, 3.63) is 11.6 Å². The molecule has 1 nitrogen and oxygen atoms in total. The van der Waals surface area contributed by atoms with E-state index in [-0.39, 0.29) is 5.41 Å². The number of rotatable bonds is 5. The molecule has 0 spiro atoms. The molecule has 0 saturated carbocycles. The zero-order valence-corrected chi connectivity index (χ0v) is 10.7. The molecule has 14 heavy (non-hydrogen) atoms. The lowest BCUT2D eigenvalue weighted by atomic mass is 9.71. The maximum absolute atomic E-state index is 5.83. The molecule has 0 bridgehead atoms. The minimum absolute atomic E-state index is 0.250. The van der Waals surface area contributed by atoms with Gasteiger partial charge in [0.25, 0.3) is 0 Å². The minimum atomic E-state index is 0.250. The van der Waals surface area contributed by atoms with Gasteiger partial charge in [0.15, 0.2) is 0 Å². The third kappa shape index (κ3) is 4.28. The van der Waals surface area contributed by atoms with Crippen LogP contribution in [-0.2, 0) is 0 Å². The Hall–Kier alpha value is -0.300. The zero-order valence-electron chi connectivity index (χ0n) is 10.7. The van der Waals surface area contributed by atoms with Crippen LogP contribution in [0.4, 0.5) is 0 Å². The van der Waals surface area contributed by atoms with Crippen LogP contribution in [0.25, 0.3) is 0 Å². The smallest absolute Gasteiger partial charge is 0.00230 e. The Labute approximate surface area is 89.8 Å². The van der Waals surface area contributed by atoms with Crippen LogP contribution in [0.1, 0.15) is 48.0 Å². The van der Waals surface area contributed by atoms with Crippen LogP contribution in [0.3, 0.4) is 0 Å². The summed E-state index contributed by atoms with van der Waals surface area (Å²) in [5.41, 5.74) is 7.49. The lowest BCUT2D eigenvalue weighted by molar-refractivity contribution is 0.166. The molecule has 0 aliphatic heterocycles. The van der Waals surface area contributed by atoms with Crippen molar-refractivity contribution in [1.82, 2.24) is 0 Å². The quantitative estimate of drug-likeness (QED) is 0.670. The van der Waals surface area contributed by atoms with Gasteiger partial charge >= 0.3 is 0 Å². The van der Waals surface area contributed by atoms with Gasteiger partial charge in [0.2, 0.25) is 0 Å². The van der Waals surface area contributed by atoms with Gasteiger partial charge in [0, 0.05) is 0 Å². The highest BCUT2D eigenvalue weighted by atomic mass is 14.6. The fourth-order valence-corrected chi connectivity index (χ4v) is 2.01. The van der Waals surface area contributed by atoms with Crippen LogP contribution < -0.4 is 5.73 Å². The molecule has 0 radical (unpaired) electrons. The molecule has 1 atom stereocenters. The van der Waals surface area contributed by atoms with Crippen LogP contribution >= 0.6 is 0 Å². The Morgan fingerprint density at radius 3 is 2.07 bits per heavy atom. The molecule has 0 amide bonds. The SMILES string of the molecule is CC(C)=CC[C@H](C(C)C)C(C)(C)CN. The molecule has 0 heterocycles. The van der Waals surface area contributed by atoms with Crippen LogP contribution in [0.15, 0.2) is 11.6 Å². The second-order valence-corrected chi connectivity index (χ2v) is 5.56. The van der Waals surface area contributed by atoms with Gasteiger partial charge in [0.1, 0.15) is 0 Å². The average Bonchev–Trinajstić information content (AvgIpc) is 2.03. The summed E-state index contributed by atoms with van der Waals surface area (Å²) in [6, 6.07) is 0. The monoisotopic (exact) mass is 197 g/mol. The predicted octanol–water partition coefficient (Wildman–Crippen LogP) is 3.60. The van der Waals surface area contributed by atoms with Crippen molar-refractivity contribution in [3.63, 3.8) is 0 Å². The lowest BCUT2D eigenvalue weighted by Gasteiger charge is -2.35. The van der Waals surface area contributed by atoms with Gasteiger partial charge in [-0.15, -0.1) is 0 Å². The van der Waals surface area contributed by atoms with E-state index in [1.807, 2.05) is 0 Å². The van der Waals surface area contributed by atoms with E-state index in [1.165, 1.54) is 5.57 Å². The van der Waals surface area contributed by atoms with Gasteiger partial charge in [-0.3, -0.25) is 0 Å². The van der Waals surface area contributed by atoms with Gasteiger partial charge in [0.05, 0.1) is 0 Å². The molecule has 2 N–H and O–H groups in total. The molecule has 0 aromatic rings. The Morgan fingerprint density at radius 1 is 1.29 bits per heavy atom. The van der Waals surface area contributed by atoms with Crippen LogP contribution in [0.2, 0.25) is 0 Å². The molecule has 0 aliphatic rings. The van der Waals surface area contributed by atoms with Gasteiger partial charge < -0.3 is 5.73 Å². The Bertz CT molecular complexity index is 185. The first kappa shape index (κ1) is 13.7. The first-order chi connectivity index (χ1) is 6.31. The first-order valence-corrected chi connectivity index (χ1v) is 5.64. The highest BCUT2D eigenvalue weighted by molar-refractivity contribution is 4.96. The van der Waals surface area contributed by atoms with E-state index in [2.05, 4.69) is 47.6 Å². The Morgan fingerprint density at radius 2 is 1.79 bits per heavy atom. The molecule has 0 rings (SSSR count). The summed E-state index contributed by atoms with van der Waals surface area (Å²) in [7, 11) is 0. The summed E-state index contributed by atoms with van der Waals surface area (Å²) < 4.78 is 0. The Balaban J connectivity index is 4.53. The number of nitrogens with two attached hydrogens (primary N) is 1. The standard InChI is InChI=1S/C13H27N/c1-10(2)7-8-12(11(3)4)13(5,6)9-14/h7,11-12H,8-9,14H2,1-6H3/t12-/m1/s1. The maximum atomic E-state index is 5.83. The molecule has 0 saturated heterocycles. The van der Waals surface area contributed by atoms with Crippen LogP contribution in [-0.4, -0.2) is 6.54 Å². The normalized spacial score (nSPS) is 14.3. The second-order valence-electron chi connectivity index (χ2n) is 5.56. The van der Waals surface area contributed by atoms with Crippen LogP contribution in [0, 0.1) is 17.3 Å². The summed E-state index contributed by atoms with van der Waals surface area (Å²) in [6.07, 6.45) is 3.49. The van der Waals surface area contributed by atoms with Crippen molar-refractivity contribution >= 4 is 0 Å². The van der Waals surface area contributed by atoms with Crippen LogP contribution in [0.5, 0.6) is 0 Å². The summed E-state index contributed by atoms with van der Waals surface area (Å²) in [5.74, 6) is 1.38. The maximum Gasteiger partial charge on any atom is -0.00230 e. The Kier molecular flexibility index (Phi) is 5.43. The number of hydrogen-bond acceptors (Lipinski definition) is 1. The van der Waals surface area contributed by atoms with Gasteiger partial charge in [-0.2, -0.15) is 0 Å². The largest absolute Gasteiger partial charge is 0.330 e. The van der Waals surface area contributed by atoms with E-state index in [0.29, 0.717) is 11.8 Å². The van der Waals surface area contributed by atoms with Crippen molar-refractivity contribution in [3.8, 4) is 0 Å². The first-order valence-electron chi connectivity index (χ1n) is 5.64. The molecular weight excluding hydrogens is 170 g/mol. The fraction of sp³-hybridized carbons (Fsp3) is 0.846. The van der Waals surface area contributed by atoms with E-state index in [0.717, 1.165) is 13.0 Å². The average molecular weight is 197 g/mol. The van der Waals surface area contributed by atoms with Crippen molar-refractivity contribution in [2.45, 2.75) is 48.0 Å². The summed E-state index contributed by atoms with van der Waals surface area (Å²) in [5, 5.41) is 0. The molecule has 84 valence electrons. The number of allylic oxidation sites excluding steroid dienone is 2. The molecule has 0 fully saturated rings. The van der Waals surface area contributed by atoms with Gasteiger partial charge in [-0.05, 0) is 44.1 Å². The number of hydrogen-bond donors (Lipinski definition) is 1. The van der Waals surface area contributed by atoms with Crippen molar-refractivity contribution < 1.29 is 0 Å². The van der Waals surface area contributed by atoms with Gasteiger partial charge in [-0.1, -0.05) is 39.3 Å². The summed E-state index contributed by atoms with van der Waals surface area (Å²) >= 11 is 0. The van der Waals surface area contributed by atoms with E-state index >= 15 is 0 Å². The molecule has 0 aromatic carbocycles. The molecule has 0 aliphatic carbocycles. The highest BCUT2D eigenvalue weighted by Gasteiger charge is 2.29. The lowest BCUT2D eigenvalue weighted by Crippen LogP contribution is -2.35. The predicted molar refractivity (Wildman–Crippen MR) is 65.2 cm³/mol. The summed E-state index contributed by atoms with van der Waals surface area (Å²) in [6.45, 7) is 14.2. The highest BCUT2D eigenvalue weighted by Crippen LogP contribution is 2.34. The van der Waals surface area contributed by atoms with Crippen molar-refractivity contribution in [2.75, 3.05) is 6.54 Å². The topological polar surface area (TPSA) is 26.0 Å². The van der Waals surface area contributed by atoms with E-state index in [9.17, 15) is 0 Å². The van der Waals surface area contributed by atoms with Crippen molar-refractivity contribution in [1.29, 1.82) is 0 Å². The van der Waals surface area contributed by atoms with Crippen molar-refractivity contribution in [2.24, 2.45) is 23.0 Å². The third-order valence-electron chi connectivity index (χ3n) is 3.11. The molecule has 0 aromatic heterocycles. The van der Waals surface area contributed by atoms with E-state index in [1.54, 1.807) is 0 Å². The van der Waals surface area contributed by atoms with Gasteiger partial charge in [-0.25, -0.2) is 0 Å². The van der Waals surface area contributed by atoms with E-state index < -0.39 is 0 Å². The third-order valence-corrected chi connectivity index (χ3v) is 3.11. The molecular formula is C13H27N. The zero-order chi connectivity index (χ0) is 11.4. The molecule has 0 unspecified atom stereocenters. The molecule has 1 heteroatoms. The minimum Gasteiger partial charge on any atom is -0.330 e. The second kappa shape index (κ2) is 5.55. The summed E-state index contributed by atoms with van der Waals surface area (Å²) in [4.78, 5) is 0.